The van der Waals surface area contributed by atoms with E-state index in [-0.39, 0.29) is 112 Å². The van der Waals surface area contributed by atoms with Gasteiger partial charge in [0.2, 0.25) is 0 Å². The van der Waals surface area contributed by atoms with Crippen molar-refractivity contribution in [1.82, 2.24) is 24.5 Å². The van der Waals surface area contributed by atoms with Crippen molar-refractivity contribution in [2.75, 3.05) is 105 Å². The first-order valence-corrected chi connectivity index (χ1v) is 14.1. The third-order valence-corrected chi connectivity index (χ3v) is 6.73. The van der Waals surface area contributed by atoms with Crippen molar-refractivity contribution < 1.29 is 99.3 Å². The van der Waals surface area contributed by atoms with Gasteiger partial charge in [-0.15, -0.1) is 0 Å². The van der Waals surface area contributed by atoms with Crippen molar-refractivity contribution in [3.63, 3.8) is 0 Å². The van der Waals surface area contributed by atoms with Crippen molar-refractivity contribution in [2.24, 2.45) is 0 Å². The average molecular weight is 740 g/mol. The predicted octanol–water partition coefficient (Wildman–Crippen LogP) is -9.66. The summed E-state index contributed by atoms with van der Waals surface area (Å²) in [5.41, 5.74) is 0. The Morgan fingerprint density at radius 2 is 1.02 bits per heavy atom. The van der Waals surface area contributed by atoms with Crippen molar-refractivity contribution >= 4 is 25.5 Å². The second-order valence-corrected chi connectivity index (χ2v) is 11.0. The van der Waals surface area contributed by atoms with Gasteiger partial charge in [-0.05, 0) is 0 Å². The minimum Gasteiger partial charge on any atom is -0.810 e. The van der Waals surface area contributed by atoms with E-state index in [2.05, 4.69) is 0 Å². The number of carboxylic acids is 3. The van der Waals surface area contributed by atoms with Crippen LogP contribution in [0, 0.1) is 39.9 Å². The molecule has 0 spiro atoms. The average Bonchev–Trinajstić information content (AvgIpc) is 2.78. The van der Waals surface area contributed by atoms with Gasteiger partial charge in [-0.1, -0.05) is 7.60 Å². The maximum Gasteiger partial charge on any atom is 3.00 e. The van der Waals surface area contributed by atoms with Crippen LogP contribution in [0.25, 0.3) is 0 Å². The Morgan fingerprint density at radius 3 is 1.32 bits per heavy atom. The molecule has 3 N–H and O–H groups in total. The number of rotatable bonds is 15. The number of aliphatic hydroxyl groups is 3. The smallest absolute Gasteiger partial charge is 0.810 e. The van der Waals surface area contributed by atoms with Gasteiger partial charge in [-0.2, -0.15) is 0 Å². The Labute approximate surface area is 264 Å². The van der Waals surface area contributed by atoms with Gasteiger partial charge in [0.15, 0.2) is 0 Å². The van der Waals surface area contributed by atoms with Crippen molar-refractivity contribution in [2.45, 2.75) is 12.2 Å². The number of hydrogen-bond acceptors (Lipinski definition) is 17. The molecule has 0 amide bonds. The summed E-state index contributed by atoms with van der Waals surface area (Å²) in [4.78, 5) is 63.4. The number of nitrogens with zero attached hydrogens (tertiary/aromatic N) is 5. The molecule has 1 heterocycles. The molecular formula is C21H37GdN5O12P-2. The molecule has 1 aliphatic heterocycles. The first-order valence-electron chi connectivity index (χ1n) is 12.4. The maximum absolute atomic E-state index is 11.3. The summed E-state index contributed by atoms with van der Waals surface area (Å²) in [6, 6.07) is 0. The Hall–Kier alpha value is -0.435. The van der Waals surface area contributed by atoms with Crippen LogP contribution < -0.4 is 25.1 Å². The number of aliphatic carboxylic acids is 3. The Balaban J connectivity index is 0.0000152. The molecule has 2 atom stereocenters. The minimum atomic E-state index is -5.05. The van der Waals surface area contributed by atoms with Crippen LogP contribution in [-0.4, -0.2) is 174 Å². The molecule has 0 aromatic heterocycles. The Morgan fingerprint density at radius 1 is 0.700 bits per heavy atom. The Bertz CT molecular complexity index is 793. The molecule has 1 saturated heterocycles. The van der Waals surface area contributed by atoms with E-state index in [0.29, 0.717) is 0 Å². The molecule has 0 saturated carbocycles. The molecule has 19 heteroatoms. The van der Waals surface area contributed by atoms with Crippen molar-refractivity contribution in [1.29, 1.82) is 0 Å². The monoisotopic (exact) mass is 740 g/mol. The first-order chi connectivity index (χ1) is 18.2. The van der Waals surface area contributed by atoms with Gasteiger partial charge in [-0.3, -0.25) is 24.5 Å². The molecule has 0 bridgehead atoms. The van der Waals surface area contributed by atoms with Crippen LogP contribution in [0.4, 0.5) is 0 Å². The van der Waals surface area contributed by atoms with Crippen LogP contribution in [-0.2, 0) is 18.9 Å². The zero-order valence-corrected chi connectivity index (χ0v) is 25.2. The van der Waals surface area contributed by atoms with Crippen LogP contribution in [0.3, 0.4) is 0 Å². The fourth-order valence-corrected chi connectivity index (χ4v) is 4.95. The van der Waals surface area contributed by atoms with Crippen LogP contribution in [0.1, 0.15) is 0 Å². The van der Waals surface area contributed by atoms with Crippen LogP contribution in [0.2, 0.25) is 0 Å². The second-order valence-electron chi connectivity index (χ2n) is 9.52. The van der Waals surface area contributed by atoms with Gasteiger partial charge < -0.3 is 59.4 Å². The topological polar surface area (TPSA) is 260 Å². The standard InChI is InChI=1S/C21H42N5O12P.Gd/c27-15-18(29)11-26(16-39(36,37)38)10-17(28)9-22-1-3-23(12-19(30)31)5-7-25(14-21(34)35)8-6-24(4-2-22)13-20(32)33;/h17-18,27-29H,1-16H2,(H,30,31)(H,32,33)(H,34,35)(H2,36,37,38);/q;+3/p-5. The molecule has 0 aliphatic carbocycles. The summed E-state index contributed by atoms with van der Waals surface area (Å²) in [5.74, 6) is -4.04. The van der Waals surface area contributed by atoms with Crippen LogP contribution in [0.15, 0.2) is 0 Å². The number of carbonyl (C=O) groups is 3. The zero-order chi connectivity index (χ0) is 29.6. The van der Waals surface area contributed by atoms with E-state index in [1.165, 1.54) is 14.7 Å². The normalized spacial score (nSPS) is 19.2. The second kappa shape index (κ2) is 20.5. The first kappa shape index (κ1) is 39.6. The molecule has 0 aromatic carbocycles. The van der Waals surface area contributed by atoms with E-state index in [1.54, 1.807) is 4.90 Å². The Kier molecular flexibility index (Phi) is 20.2. The van der Waals surface area contributed by atoms with E-state index < -0.39 is 70.2 Å². The molecule has 40 heavy (non-hydrogen) atoms. The molecule has 2 unspecified atom stereocenters. The molecule has 233 valence electrons. The molecular weight excluding hydrogens is 702 g/mol. The van der Waals surface area contributed by atoms with E-state index >= 15 is 0 Å². The minimum absolute atomic E-state index is 0. The van der Waals surface area contributed by atoms with Crippen LogP contribution in [0.5, 0.6) is 0 Å². The molecule has 0 aromatic rings. The molecule has 1 radical (unpaired) electrons. The van der Waals surface area contributed by atoms with Crippen LogP contribution >= 0.6 is 7.60 Å². The maximum atomic E-state index is 11.3. The van der Waals surface area contributed by atoms with Gasteiger partial charge in [-0.25, -0.2) is 0 Å². The summed E-state index contributed by atoms with van der Waals surface area (Å²) < 4.78 is 11.3. The SMILES string of the molecule is O=C([O-])CN1CCN(CC(=O)[O-])CCN(CC(O)CN(CC(O)CO)CP(=O)([O-])[O-])CCN(CC(=O)[O-])CC1.[Gd+3]. The number of carboxylic acid groups (broad SMARTS) is 3. The van der Waals surface area contributed by atoms with Crippen molar-refractivity contribution in [3.8, 4) is 0 Å². The molecule has 17 nitrogen and oxygen atoms in total. The number of hydrogen-bond donors (Lipinski definition) is 3. The summed E-state index contributed by atoms with van der Waals surface area (Å²) in [7, 11) is -5.05. The van der Waals surface area contributed by atoms with Gasteiger partial charge in [0, 0.05) is 97.9 Å². The van der Waals surface area contributed by atoms with E-state index in [0.717, 1.165) is 4.90 Å². The van der Waals surface area contributed by atoms with Gasteiger partial charge in [0.1, 0.15) is 0 Å². The number of carbonyl (C=O) groups excluding carboxylic acids is 3. The molecule has 1 aliphatic rings. The summed E-state index contributed by atoms with van der Waals surface area (Å²) in [6.07, 6.45) is -3.57. The predicted molar refractivity (Wildman–Crippen MR) is 124 cm³/mol. The molecule has 1 fully saturated rings. The molecule has 1 rings (SSSR count). The fourth-order valence-electron chi connectivity index (χ4n) is 4.23. The zero-order valence-electron chi connectivity index (χ0n) is 22.0. The largest absolute Gasteiger partial charge is 3.00 e. The number of aliphatic hydroxyl groups excluding tert-OH is 3. The summed E-state index contributed by atoms with van der Waals surface area (Å²) >= 11 is 0. The van der Waals surface area contributed by atoms with Crippen molar-refractivity contribution in [3.05, 3.63) is 0 Å². The third-order valence-electron chi connectivity index (χ3n) is 5.98. The van der Waals surface area contributed by atoms with Gasteiger partial charge in [0.25, 0.3) is 0 Å². The quantitative estimate of drug-likeness (QED) is 0.132. The van der Waals surface area contributed by atoms with Gasteiger partial charge >= 0.3 is 39.9 Å². The van der Waals surface area contributed by atoms with E-state index in [1.807, 2.05) is 0 Å². The third kappa shape index (κ3) is 19.6. The van der Waals surface area contributed by atoms with Gasteiger partial charge in [0.05, 0.1) is 36.7 Å². The fraction of sp³-hybridized carbons (Fsp3) is 0.857. The van der Waals surface area contributed by atoms with E-state index in [9.17, 15) is 54.3 Å². The number of β-amino-alcohol motifs (C(OH)–C–C–N with tert-alkyl or cyclic N) is 1. The summed E-state index contributed by atoms with van der Waals surface area (Å²) in [5, 5.41) is 63.0. The summed E-state index contributed by atoms with van der Waals surface area (Å²) in [6.45, 7) is -1.54. The van der Waals surface area contributed by atoms with E-state index in [4.69, 9.17) is 5.11 Å².